The van der Waals surface area contributed by atoms with E-state index in [2.05, 4.69) is 21.2 Å². The van der Waals surface area contributed by atoms with Crippen molar-refractivity contribution >= 4 is 21.6 Å². The largest absolute Gasteiger partial charge is 0.466 e. The summed E-state index contributed by atoms with van der Waals surface area (Å²) in [6.07, 6.45) is 1.50. The average molecular weight is 302 g/mol. The standard InChI is InChI=1S/C12H10BrF2NO/c1-7-2-3-9(14)12(11(7)15)16-6-10-8(13)4-5-17-10/h2-5,16H,6H2,1H3. The second-order valence-corrected chi connectivity index (χ2v) is 4.45. The number of furan rings is 1. The highest BCUT2D eigenvalue weighted by Gasteiger charge is 2.12. The monoisotopic (exact) mass is 301 g/mol. The molecule has 0 bridgehead atoms. The Hall–Kier alpha value is -1.36. The number of anilines is 1. The summed E-state index contributed by atoms with van der Waals surface area (Å²) in [5, 5.41) is 2.69. The molecule has 0 aliphatic carbocycles. The van der Waals surface area contributed by atoms with E-state index in [1.807, 2.05) is 0 Å². The second kappa shape index (κ2) is 4.87. The highest BCUT2D eigenvalue weighted by Crippen LogP contribution is 2.24. The summed E-state index contributed by atoms with van der Waals surface area (Å²) in [7, 11) is 0. The molecule has 1 aromatic heterocycles. The summed E-state index contributed by atoms with van der Waals surface area (Å²) in [4.78, 5) is 0. The van der Waals surface area contributed by atoms with Crippen molar-refractivity contribution in [2.45, 2.75) is 13.5 Å². The second-order valence-electron chi connectivity index (χ2n) is 3.60. The zero-order chi connectivity index (χ0) is 12.4. The Morgan fingerprint density at radius 1 is 1.29 bits per heavy atom. The highest BCUT2D eigenvalue weighted by molar-refractivity contribution is 9.10. The summed E-state index contributed by atoms with van der Waals surface area (Å²) in [6, 6.07) is 4.36. The Morgan fingerprint density at radius 3 is 2.71 bits per heavy atom. The lowest BCUT2D eigenvalue weighted by Gasteiger charge is -2.09. The molecule has 0 fully saturated rings. The summed E-state index contributed by atoms with van der Waals surface area (Å²) >= 11 is 3.27. The predicted octanol–water partition coefficient (Wildman–Crippen LogP) is 4.24. The van der Waals surface area contributed by atoms with Crippen LogP contribution in [0.5, 0.6) is 0 Å². The van der Waals surface area contributed by atoms with E-state index in [1.165, 1.54) is 18.4 Å². The molecule has 1 aromatic carbocycles. The van der Waals surface area contributed by atoms with E-state index in [4.69, 9.17) is 4.42 Å². The third-order valence-corrected chi connectivity index (χ3v) is 3.11. The summed E-state index contributed by atoms with van der Waals surface area (Å²) in [5.41, 5.74) is 0.265. The fraction of sp³-hybridized carbons (Fsp3) is 0.167. The molecule has 0 unspecified atom stereocenters. The van der Waals surface area contributed by atoms with Crippen molar-refractivity contribution in [1.29, 1.82) is 0 Å². The molecule has 0 amide bonds. The lowest BCUT2D eigenvalue weighted by Crippen LogP contribution is -2.04. The van der Waals surface area contributed by atoms with Crippen molar-refractivity contribution in [2.75, 3.05) is 5.32 Å². The molecule has 0 saturated carbocycles. The van der Waals surface area contributed by atoms with E-state index in [9.17, 15) is 8.78 Å². The molecule has 1 N–H and O–H groups in total. The molecular formula is C12H10BrF2NO. The average Bonchev–Trinajstić information content (AvgIpc) is 2.70. The first kappa shape index (κ1) is 12.1. The van der Waals surface area contributed by atoms with Gasteiger partial charge in [0.1, 0.15) is 17.3 Å². The third kappa shape index (κ3) is 2.49. The van der Waals surface area contributed by atoms with E-state index in [-0.39, 0.29) is 12.2 Å². The molecule has 5 heteroatoms. The van der Waals surface area contributed by atoms with Gasteiger partial charge in [-0.15, -0.1) is 0 Å². The van der Waals surface area contributed by atoms with Crippen molar-refractivity contribution in [2.24, 2.45) is 0 Å². The normalized spacial score (nSPS) is 10.6. The van der Waals surface area contributed by atoms with Gasteiger partial charge in [0.2, 0.25) is 0 Å². The minimum Gasteiger partial charge on any atom is -0.466 e. The van der Waals surface area contributed by atoms with Crippen LogP contribution in [-0.2, 0) is 6.54 Å². The molecule has 2 aromatic rings. The fourth-order valence-corrected chi connectivity index (χ4v) is 1.78. The first-order chi connectivity index (χ1) is 8.09. The topological polar surface area (TPSA) is 25.2 Å². The van der Waals surface area contributed by atoms with E-state index in [0.717, 1.165) is 4.47 Å². The summed E-state index contributed by atoms with van der Waals surface area (Å²) < 4.78 is 33.0. The molecule has 1 heterocycles. The van der Waals surface area contributed by atoms with Crippen LogP contribution < -0.4 is 5.32 Å². The Labute approximate surface area is 106 Å². The summed E-state index contributed by atoms with van der Waals surface area (Å²) in [6.45, 7) is 1.80. The van der Waals surface area contributed by atoms with E-state index < -0.39 is 11.6 Å². The van der Waals surface area contributed by atoms with Crippen LogP contribution in [-0.4, -0.2) is 0 Å². The van der Waals surface area contributed by atoms with Gasteiger partial charge in [-0.25, -0.2) is 8.78 Å². The maximum absolute atomic E-state index is 13.6. The van der Waals surface area contributed by atoms with Gasteiger partial charge >= 0.3 is 0 Å². The summed E-state index contributed by atoms with van der Waals surface area (Å²) in [5.74, 6) is -0.603. The van der Waals surface area contributed by atoms with Crippen LogP contribution in [0, 0.1) is 18.6 Å². The van der Waals surface area contributed by atoms with Gasteiger partial charge in [-0.05, 0) is 40.5 Å². The predicted molar refractivity (Wildman–Crippen MR) is 64.8 cm³/mol. The molecule has 17 heavy (non-hydrogen) atoms. The first-order valence-corrected chi connectivity index (χ1v) is 5.79. The quantitative estimate of drug-likeness (QED) is 0.917. The van der Waals surface area contributed by atoms with Gasteiger partial charge < -0.3 is 9.73 Å². The molecule has 2 rings (SSSR count). The number of rotatable bonds is 3. The maximum Gasteiger partial charge on any atom is 0.152 e. The van der Waals surface area contributed by atoms with E-state index in [1.54, 1.807) is 13.0 Å². The van der Waals surface area contributed by atoms with Gasteiger partial charge in [-0.2, -0.15) is 0 Å². The van der Waals surface area contributed by atoms with Crippen LogP contribution >= 0.6 is 15.9 Å². The SMILES string of the molecule is Cc1ccc(F)c(NCc2occc2Br)c1F. The van der Waals surface area contributed by atoms with Gasteiger partial charge in [0, 0.05) is 0 Å². The molecule has 0 saturated heterocycles. The minimum atomic E-state index is -0.615. The molecule has 0 aliphatic heterocycles. The number of nitrogens with one attached hydrogen (secondary N) is 1. The minimum absolute atomic E-state index is 0.131. The number of benzene rings is 1. The van der Waals surface area contributed by atoms with Crippen molar-refractivity contribution in [3.8, 4) is 0 Å². The molecular weight excluding hydrogens is 292 g/mol. The third-order valence-electron chi connectivity index (χ3n) is 2.40. The lowest BCUT2D eigenvalue weighted by molar-refractivity contribution is 0.513. The van der Waals surface area contributed by atoms with Gasteiger partial charge in [-0.1, -0.05) is 6.07 Å². The number of hydrogen-bond acceptors (Lipinski definition) is 2. The molecule has 0 aliphatic rings. The maximum atomic E-state index is 13.6. The number of hydrogen-bond donors (Lipinski definition) is 1. The van der Waals surface area contributed by atoms with E-state index >= 15 is 0 Å². The Kier molecular flexibility index (Phi) is 3.47. The molecule has 2 nitrogen and oxygen atoms in total. The van der Waals surface area contributed by atoms with E-state index in [0.29, 0.717) is 11.3 Å². The van der Waals surface area contributed by atoms with Gasteiger partial charge in [0.25, 0.3) is 0 Å². The fourth-order valence-electron chi connectivity index (χ4n) is 1.44. The van der Waals surface area contributed by atoms with Crippen molar-refractivity contribution in [3.05, 3.63) is 51.9 Å². The van der Waals surface area contributed by atoms with Crippen LogP contribution in [0.3, 0.4) is 0 Å². The van der Waals surface area contributed by atoms with Crippen molar-refractivity contribution in [3.63, 3.8) is 0 Å². The zero-order valence-electron chi connectivity index (χ0n) is 9.06. The van der Waals surface area contributed by atoms with Gasteiger partial charge in [0.05, 0.1) is 17.3 Å². The smallest absolute Gasteiger partial charge is 0.152 e. The zero-order valence-corrected chi connectivity index (χ0v) is 10.6. The van der Waals surface area contributed by atoms with Crippen molar-refractivity contribution in [1.82, 2.24) is 0 Å². The molecule has 0 atom stereocenters. The van der Waals surface area contributed by atoms with Crippen LogP contribution in [0.25, 0.3) is 0 Å². The number of halogens is 3. The lowest BCUT2D eigenvalue weighted by atomic mass is 10.2. The first-order valence-electron chi connectivity index (χ1n) is 5.00. The van der Waals surface area contributed by atoms with Crippen LogP contribution in [0.1, 0.15) is 11.3 Å². The van der Waals surface area contributed by atoms with Gasteiger partial charge in [-0.3, -0.25) is 0 Å². The van der Waals surface area contributed by atoms with Gasteiger partial charge in [0.15, 0.2) is 5.82 Å². The van der Waals surface area contributed by atoms with Crippen LogP contribution in [0.2, 0.25) is 0 Å². The Morgan fingerprint density at radius 2 is 2.06 bits per heavy atom. The highest BCUT2D eigenvalue weighted by atomic mass is 79.9. The Balaban J connectivity index is 2.20. The molecule has 0 radical (unpaired) electrons. The van der Waals surface area contributed by atoms with Crippen LogP contribution in [0.4, 0.5) is 14.5 Å². The number of aryl methyl sites for hydroxylation is 1. The molecule has 90 valence electrons. The Bertz CT molecular complexity index is 539. The van der Waals surface area contributed by atoms with Crippen molar-refractivity contribution < 1.29 is 13.2 Å². The van der Waals surface area contributed by atoms with Crippen LogP contribution in [0.15, 0.2) is 33.4 Å². The molecule has 0 spiro atoms.